The molecular weight excluding hydrogens is 232 g/mol. The normalized spacial score (nSPS) is 18.6. The van der Waals surface area contributed by atoms with Gasteiger partial charge in [0.25, 0.3) is 0 Å². The van der Waals surface area contributed by atoms with Crippen LogP contribution in [-0.2, 0) is 17.4 Å². The lowest BCUT2D eigenvalue weighted by Gasteiger charge is -2.30. The van der Waals surface area contributed by atoms with Gasteiger partial charge in [-0.1, -0.05) is 40.7 Å². The smallest absolute Gasteiger partial charge is 0.0459 e. The maximum atomic E-state index is 3.64. The van der Waals surface area contributed by atoms with Crippen molar-refractivity contribution < 1.29 is 0 Å². The number of H-pyrrole nitrogens is 1. The highest BCUT2D eigenvalue weighted by Crippen LogP contribution is 2.36. The second-order valence-electron chi connectivity index (χ2n) is 7.48. The summed E-state index contributed by atoms with van der Waals surface area (Å²) in [4.78, 5) is 3.64. The quantitative estimate of drug-likeness (QED) is 0.736. The molecule has 1 aromatic heterocycles. The first-order valence-corrected chi connectivity index (χ1v) is 7.15. The van der Waals surface area contributed by atoms with E-state index in [1.165, 1.54) is 27.7 Å². The van der Waals surface area contributed by atoms with E-state index in [2.05, 4.69) is 63.1 Å². The standard InChI is InChI=1S/C17H24N2/c1-16(2,3)11-6-7-14-12(8-11)13-9-18-10-17(4,5)15(13)19-14/h6-8,18-19H,9-10H2,1-5H3. The molecule has 2 heteroatoms. The second kappa shape index (κ2) is 3.86. The summed E-state index contributed by atoms with van der Waals surface area (Å²) in [6, 6.07) is 6.86. The highest BCUT2D eigenvalue weighted by Gasteiger charge is 2.30. The molecule has 2 N–H and O–H groups in total. The molecule has 0 fully saturated rings. The van der Waals surface area contributed by atoms with E-state index in [1.807, 2.05) is 0 Å². The summed E-state index contributed by atoms with van der Waals surface area (Å²) in [7, 11) is 0. The molecule has 19 heavy (non-hydrogen) atoms. The summed E-state index contributed by atoms with van der Waals surface area (Å²) in [5, 5.41) is 4.94. The van der Waals surface area contributed by atoms with E-state index >= 15 is 0 Å². The maximum Gasteiger partial charge on any atom is 0.0459 e. The molecular formula is C17H24N2. The molecule has 1 aliphatic heterocycles. The van der Waals surface area contributed by atoms with Crippen molar-refractivity contribution in [2.45, 2.75) is 52.0 Å². The van der Waals surface area contributed by atoms with Crippen LogP contribution in [-0.4, -0.2) is 11.5 Å². The number of aromatic nitrogens is 1. The van der Waals surface area contributed by atoms with Crippen LogP contribution < -0.4 is 5.32 Å². The topological polar surface area (TPSA) is 27.8 Å². The van der Waals surface area contributed by atoms with Crippen molar-refractivity contribution in [1.82, 2.24) is 10.3 Å². The number of hydrogen-bond donors (Lipinski definition) is 2. The summed E-state index contributed by atoms with van der Waals surface area (Å²) >= 11 is 0. The van der Waals surface area contributed by atoms with Crippen molar-refractivity contribution in [1.29, 1.82) is 0 Å². The number of benzene rings is 1. The van der Waals surface area contributed by atoms with Crippen molar-refractivity contribution in [3.05, 3.63) is 35.0 Å². The SMILES string of the molecule is CC(C)(C)c1ccc2[nH]c3c(c2c1)CNCC3(C)C. The lowest BCUT2D eigenvalue weighted by Crippen LogP contribution is -2.38. The number of rotatable bonds is 0. The van der Waals surface area contributed by atoms with Crippen LogP contribution in [0.1, 0.15) is 51.4 Å². The number of aromatic amines is 1. The molecule has 1 aliphatic rings. The van der Waals surface area contributed by atoms with E-state index in [-0.39, 0.29) is 10.8 Å². The molecule has 0 atom stereocenters. The van der Waals surface area contributed by atoms with Crippen molar-refractivity contribution in [3.63, 3.8) is 0 Å². The molecule has 0 radical (unpaired) electrons. The fourth-order valence-electron chi connectivity index (χ4n) is 3.06. The van der Waals surface area contributed by atoms with E-state index in [0.29, 0.717) is 0 Å². The van der Waals surface area contributed by atoms with E-state index in [0.717, 1.165) is 13.1 Å². The predicted octanol–water partition coefficient (Wildman–Crippen LogP) is 3.85. The minimum atomic E-state index is 0.189. The first kappa shape index (κ1) is 12.7. The Morgan fingerprint density at radius 1 is 1.16 bits per heavy atom. The third-order valence-corrected chi connectivity index (χ3v) is 4.32. The molecule has 0 unspecified atom stereocenters. The zero-order valence-corrected chi connectivity index (χ0v) is 12.6. The predicted molar refractivity (Wildman–Crippen MR) is 81.7 cm³/mol. The van der Waals surface area contributed by atoms with Crippen LogP contribution in [0.25, 0.3) is 10.9 Å². The molecule has 0 saturated heterocycles. The fraction of sp³-hybridized carbons (Fsp3) is 0.529. The molecule has 2 nitrogen and oxygen atoms in total. The molecule has 0 bridgehead atoms. The summed E-state index contributed by atoms with van der Waals surface area (Å²) in [6.45, 7) is 13.4. The first-order valence-electron chi connectivity index (χ1n) is 7.15. The van der Waals surface area contributed by atoms with Crippen molar-refractivity contribution in [2.24, 2.45) is 0 Å². The zero-order valence-electron chi connectivity index (χ0n) is 12.6. The van der Waals surface area contributed by atoms with Gasteiger partial charge < -0.3 is 10.3 Å². The van der Waals surface area contributed by atoms with Gasteiger partial charge in [-0.15, -0.1) is 0 Å². The van der Waals surface area contributed by atoms with Crippen LogP contribution in [0.5, 0.6) is 0 Å². The van der Waals surface area contributed by atoms with Crippen molar-refractivity contribution in [2.75, 3.05) is 6.54 Å². The lowest BCUT2D eigenvalue weighted by molar-refractivity contribution is 0.427. The van der Waals surface area contributed by atoms with E-state index < -0.39 is 0 Å². The Bertz CT molecular complexity index is 626. The van der Waals surface area contributed by atoms with Crippen LogP contribution >= 0.6 is 0 Å². The molecule has 0 aliphatic carbocycles. The Morgan fingerprint density at radius 2 is 1.89 bits per heavy atom. The summed E-state index contributed by atoms with van der Waals surface area (Å²) in [6.07, 6.45) is 0. The number of nitrogens with one attached hydrogen (secondary N) is 2. The molecule has 1 aromatic carbocycles. The van der Waals surface area contributed by atoms with Gasteiger partial charge in [-0.25, -0.2) is 0 Å². The summed E-state index contributed by atoms with van der Waals surface area (Å²) in [5.74, 6) is 0. The minimum absolute atomic E-state index is 0.189. The Morgan fingerprint density at radius 3 is 2.58 bits per heavy atom. The Kier molecular flexibility index (Phi) is 2.59. The Labute approximate surface area is 115 Å². The van der Waals surface area contributed by atoms with Gasteiger partial charge in [0.05, 0.1) is 0 Å². The van der Waals surface area contributed by atoms with Gasteiger partial charge in [-0.3, -0.25) is 0 Å². The van der Waals surface area contributed by atoms with Gasteiger partial charge in [0.1, 0.15) is 0 Å². The van der Waals surface area contributed by atoms with Gasteiger partial charge >= 0.3 is 0 Å². The van der Waals surface area contributed by atoms with Crippen LogP contribution in [0.2, 0.25) is 0 Å². The monoisotopic (exact) mass is 256 g/mol. The Hall–Kier alpha value is -1.28. The second-order valence-corrected chi connectivity index (χ2v) is 7.48. The van der Waals surface area contributed by atoms with Crippen molar-refractivity contribution in [3.8, 4) is 0 Å². The van der Waals surface area contributed by atoms with Crippen LogP contribution in [0.15, 0.2) is 18.2 Å². The van der Waals surface area contributed by atoms with Gasteiger partial charge in [0, 0.05) is 35.1 Å². The van der Waals surface area contributed by atoms with Crippen LogP contribution in [0.3, 0.4) is 0 Å². The third kappa shape index (κ3) is 1.99. The zero-order chi connectivity index (χ0) is 13.8. The molecule has 102 valence electrons. The molecule has 3 rings (SSSR count). The average Bonchev–Trinajstić information content (AvgIpc) is 2.67. The van der Waals surface area contributed by atoms with Gasteiger partial charge in [-0.05, 0) is 28.7 Å². The van der Waals surface area contributed by atoms with Crippen LogP contribution in [0, 0.1) is 0 Å². The Balaban J connectivity index is 2.25. The van der Waals surface area contributed by atoms with Gasteiger partial charge in [-0.2, -0.15) is 0 Å². The van der Waals surface area contributed by atoms with Gasteiger partial charge in [0.2, 0.25) is 0 Å². The summed E-state index contributed by atoms with van der Waals surface area (Å²) in [5.41, 5.74) is 5.94. The lowest BCUT2D eigenvalue weighted by atomic mass is 9.82. The molecule has 0 saturated carbocycles. The summed E-state index contributed by atoms with van der Waals surface area (Å²) < 4.78 is 0. The molecule has 0 spiro atoms. The third-order valence-electron chi connectivity index (χ3n) is 4.32. The highest BCUT2D eigenvalue weighted by molar-refractivity contribution is 5.86. The van der Waals surface area contributed by atoms with E-state index in [9.17, 15) is 0 Å². The average molecular weight is 256 g/mol. The van der Waals surface area contributed by atoms with Gasteiger partial charge in [0.15, 0.2) is 0 Å². The molecule has 2 heterocycles. The fourth-order valence-corrected chi connectivity index (χ4v) is 3.06. The number of fused-ring (bicyclic) bond motifs is 3. The van der Waals surface area contributed by atoms with Crippen molar-refractivity contribution >= 4 is 10.9 Å². The minimum Gasteiger partial charge on any atom is -0.358 e. The van der Waals surface area contributed by atoms with E-state index in [1.54, 1.807) is 0 Å². The van der Waals surface area contributed by atoms with Crippen LogP contribution in [0.4, 0.5) is 0 Å². The maximum absolute atomic E-state index is 3.64. The largest absolute Gasteiger partial charge is 0.358 e. The number of hydrogen-bond acceptors (Lipinski definition) is 1. The highest BCUT2D eigenvalue weighted by atomic mass is 14.9. The van der Waals surface area contributed by atoms with E-state index in [4.69, 9.17) is 0 Å². The molecule has 0 amide bonds. The first-order chi connectivity index (χ1) is 8.79. The molecule has 2 aromatic rings.